The summed E-state index contributed by atoms with van der Waals surface area (Å²) in [5.74, 6) is 0.256. The average Bonchev–Trinajstić information content (AvgIpc) is 3.16. The highest BCUT2D eigenvalue weighted by atomic mass is 32.2. The Hall–Kier alpha value is -3.04. The van der Waals surface area contributed by atoms with E-state index < -0.39 is 0 Å². The number of nitrogens with one attached hydrogen (secondary N) is 1. The molecule has 3 rings (SSSR count). The monoisotopic (exact) mass is 376 g/mol. The van der Waals surface area contributed by atoms with Crippen LogP contribution in [0.5, 0.6) is 0 Å². The van der Waals surface area contributed by atoms with E-state index in [1.54, 1.807) is 11.9 Å². The van der Waals surface area contributed by atoms with Gasteiger partial charge < -0.3 is 9.88 Å². The van der Waals surface area contributed by atoms with Gasteiger partial charge in [0.1, 0.15) is 0 Å². The third kappa shape index (κ3) is 4.78. The summed E-state index contributed by atoms with van der Waals surface area (Å²) in [4.78, 5) is 21.9. The summed E-state index contributed by atoms with van der Waals surface area (Å²) in [6.07, 6.45) is 0.337. The van der Waals surface area contributed by atoms with Gasteiger partial charge in [0.15, 0.2) is 5.16 Å². The molecular weight excluding hydrogens is 356 g/mol. The van der Waals surface area contributed by atoms with Gasteiger partial charge in [-0.2, -0.15) is 5.26 Å². The number of carbonyl (C=O) groups excluding carboxylic acids is 1. The summed E-state index contributed by atoms with van der Waals surface area (Å²) < 4.78 is 0. The number of aromatic amines is 1. The predicted octanol–water partition coefficient (Wildman–Crippen LogP) is 4.21. The van der Waals surface area contributed by atoms with Crippen LogP contribution in [0.15, 0.2) is 65.8 Å². The first-order chi connectivity index (χ1) is 13.2. The number of rotatable bonds is 7. The number of benzene rings is 2. The van der Waals surface area contributed by atoms with Crippen molar-refractivity contribution in [2.45, 2.75) is 11.6 Å². The molecule has 2 aromatic carbocycles. The van der Waals surface area contributed by atoms with E-state index in [9.17, 15) is 4.79 Å². The van der Waals surface area contributed by atoms with Gasteiger partial charge in [-0.15, -0.1) is 0 Å². The van der Waals surface area contributed by atoms with Gasteiger partial charge in [0.2, 0.25) is 5.91 Å². The maximum absolute atomic E-state index is 12.2. The number of nitrogens with zero attached hydrogens (tertiary/aromatic N) is 3. The number of imidazole rings is 1. The van der Waals surface area contributed by atoms with Crippen LogP contribution in [-0.4, -0.2) is 40.1 Å². The second-order valence-corrected chi connectivity index (χ2v) is 6.97. The molecular formula is C21H20N4OS. The highest BCUT2D eigenvalue weighted by molar-refractivity contribution is 7.99. The molecule has 0 aliphatic rings. The predicted molar refractivity (Wildman–Crippen MR) is 108 cm³/mol. The van der Waals surface area contributed by atoms with E-state index in [0.717, 1.165) is 22.5 Å². The van der Waals surface area contributed by atoms with Gasteiger partial charge >= 0.3 is 0 Å². The standard InChI is InChI=1S/C21H20N4OS/c1-25(14-8-13-22)18(26)15-27-21-23-19(16-9-4-2-5-10-16)20(24-21)17-11-6-3-7-12-17/h2-7,9-12H,8,14-15H2,1H3,(H,23,24). The molecule has 3 aromatic rings. The van der Waals surface area contributed by atoms with Crippen LogP contribution in [-0.2, 0) is 4.79 Å². The summed E-state index contributed by atoms with van der Waals surface area (Å²) in [7, 11) is 1.72. The number of carbonyl (C=O) groups is 1. The first-order valence-corrected chi connectivity index (χ1v) is 9.62. The average molecular weight is 376 g/mol. The molecule has 5 nitrogen and oxygen atoms in total. The minimum Gasteiger partial charge on any atom is -0.344 e. The summed E-state index contributed by atoms with van der Waals surface area (Å²) >= 11 is 1.37. The van der Waals surface area contributed by atoms with Crippen LogP contribution in [0.2, 0.25) is 0 Å². The Balaban J connectivity index is 1.82. The lowest BCUT2D eigenvalue weighted by Crippen LogP contribution is -2.29. The van der Waals surface area contributed by atoms with Crippen molar-refractivity contribution < 1.29 is 4.79 Å². The molecule has 1 heterocycles. The molecule has 0 aliphatic carbocycles. The SMILES string of the molecule is CN(CCC#N)C(=O)CSc1nc(-c2ccccc2)c(-c2ccccc2)[nH]1. The molecule has 0 atom stereocenters. The molecule has 1 amide bonds. The first kappa shape index (κ1) is 18.7. The topological polar surface area (TPSA) is 72.8 Å². The zero-order valence-electron chi connectivity index (χ0n) is 15.1. The van der Waals surface area contributed by atoms with Crippen molar-refractivity contribution in [3.05, 3.63) is 60.7 Å². The van der Waals surface area contributed by atoms with Crippen LogP contribution in [0.3, 0.4) is 0 Å². The van der Waals surface area contributed by atoms with E-state index in [0.29, 0.717) is 18.1 Å². The Morgan fingerprint density at radius 1 is 1.11 bits per heavy atom. The third-order valence-electron chi connectivity index (χ3n) is 4.11. The minimum atomic E-state index is -0.0193. The maximum Gasteiger partial charge on any atom is 0.232 e. The third-order valence-corrected chi connectivity index (χ3v) is 4.97. The van der Waals surface area contributed by atoms with Crippen molar-refractivity contribution in [2.24, 2.45) is 0 Å². The van der Waals surface area contributed by atoms with E-state index in [1.165, 1.54) is 11.8 Å². The van der Waals surface area contributed by atoms with E-state index in [2.05, 4.69) is 11.1 Å². The first-order valence-electron chi connectivity index (χ1n) is 8.63. The molecule has 136 valence electrons. The summed E-state index contributed by atoms with van der Waals surface area (Å²) in [6, 6.07) is 22.1. The molecule has 6 heteroatoms. The highest BCUT2D eigenvalue weighted by Crippen LogP contribution is 2.32. The molecule has 0 saturated heterocycles. The van der Waals surface area contributed by atoms with Crippen molar-refractivity contribution in [1.82, 2.24) is 14.9 Å². The van der Waals surface area contributed by atoms with E-state index in [-0.39, 0.29) is 11.7 Å². The molecule has 27 heavy (non-hydrogen) atoms. The fraction of sp³-hybridized carbons (Fsp3) is 0.190. The zero-order chi connectivity index (χ0) is 19.1. The van der Waals surface area contributed by atoms with Gasteiger partial charge in [-0.25, -0.2) is 4.98 Å². The molecule has 0 bridgehead atoms. The molecule has 0 radical (unpaired) electrons. The summed E-state index contributed by atoms with van der Waals surface area (Å²) in [5, 5.41) is 9.35. The highest BCUT2D eigenvalue weighted by Gasteiger charge is 2.16. The van der Waals surface area contributed by atoms with Gasteiger partial charge in [0.25, 0.3) is 0 Å². The Morgan fingerprint density at radius 2 is 1.74 bits per heavy atom. The van der Waals surface area contributed by atoms with E-state index in [1.807, 2.05) is 60.7 Å². The van der Waals surface area contributed by atoms with Crippen LogP contribution in [0, 0.1) is 11.3 Å². The number of hydrogen-bond acceptors (Lipinski definition) is 4. The fourth-order valence-corrected chi connectivity index (χ4v) is 3.43. The number of nitriles is 1. The number of aromatic nitrogens is 2. The lowest BCUT2D eigenvalue weighted by Gasteiger charge is -2.14. The Kier molecular flexibility index (Phi) is 6.29. The molecule has 0 unspecified atom stereocenters. The van der Waals surface area contributed by atoms with Gasteiger partial charge in [-0.3, -0.25) is 4.79 Å². The fourth-order valence-electron chi connectivity index (χ4n) is 2.62. The summed E-state index contributed by atoms with van der Waals surface area (Å²) in [5.41, 5.74) is 3.88. The second kappa shape index (κ2) is 9.06. The van der Waals surface area contributed by atoms with E-state index in [4.69, 9.17) is 10.2 Å². The van der Waals surface area contributed by atoms with Crippen LogP contribution < -0.4 is 0 Å². The minimum absolute atomic E-state index is 0.0193. The van der Waals surface area contributed by atoms with E-state index >= 15 is 0 Å². The number of H-pyrrole nitrogens is 1. The molecule has 0 aliphatic heterocycles. The van der Waals surface area contributed by atoms with Crippen LogP contribution in [0.25, 0.3) is 22.5 Å². The number of amides is 1. The lowest BCUT2D eigenvalue weighted by atomic mass is 10.1. The van der Waals surface area contributed by atoms with Crippen molar-refractivity contribution in [1.29, 1.82) is 5.26 Å². The van der Waals surface area contributed by atoms with Gasteiger partial charge in [-0.1, -0.05) is 72.4 Å². The van der Waals surface area contributed by atoms with Crippen LogP contribution in [0.4, 0.5) is 0 Å². The normalized spacial score (nSPS) is 10.4. The van der Waals surface area contributed by atoms with Crippen molar-refractivity contribution in [2.75, 3.05) is 19.3 Å². The molecule has 1 N–H and O–H groups in total. The van der Waals surface area contributed by atoms with Gasteiger partial charge in [-0.05, 0) is 0 Å². The Bertz CT molecular complexity index is 875. The van der Waals surface area contributed by atoms with Crippen LogP contribution >= 0.6 is 11.8 Å². The van der Waals surface area contributed by atoms with Gasteiger partial charge in [0, 0.05) is 24.7 Å². The van der Waals surface area contributed by atoms with Gasteiger partial charge in [0.05, 0.1) is 29.6 Å². The second-order valence-electron chi connectivity index (χ2n) is 6.01. The van der Waals surface area contributed by atoms with Crippen LogP contribution in [0.1, 0.15) is 6.42 Å². The molecule has 0 fully saturated rings. The summed E-state index contributed by atoms with van der Waals surface area (Å²) in [6.45, 7) is 0.443. The Morgan fingerprint density at radius 3 is 2.37 bits per heavy atom. The largest absolute Gasteiger partial charge is 0.344 e. The smallest absolute Gasteiger partial charge is 0.232 e. The van der Waals surface area contributed by atoms with Crippen molar-refractivity contribution in [3.63, 3.8) is 0 Å². The van der Waals surface area contributed by atoms with Crippen molar-refractivity contribution >= 4 is 17.7 Å². The lowest BCUT2D eigenvalue weighted by molar-refractivity contribution is -0.127. The molecule has 0 spiro atoms. The zero-order valence-corrected chi connectivity index (χ0v) is 15.9. The number of hydrogen-bond donors (Lipinski definition) is 1. The molecule has 1 aromatic heterocycles. The maximum atomic E-state index is 12.2. The molecule has 0 saturated carbocycles. The quantitative estimate of drug-likeness (QED) is 0.627. The Labute approximate surface area is 163 Å². The number of thioether (sulfide) groups is 1. The van der Waals surface area contributed by atoms with Crippen molar-refractivity contribution in [3.8, 4) is 28.6 Å².